The van der Waals surface area contributed by atoms with E-state index in [0.29, 0.717) is 11.6 Å². The van der Waals surface area contributed by atoms with E-state index in [2.05, 4.69) is 20.5 Å². The van der Waals surface area contributed by atoms with Crippen LogP contribution < -0.4 is 5.32 Å². The molecule has 0 saturated heterocycles. The molecule has 3 heterocycles. The number of hydrogen-bond acceptors (Lipinski definition) is 8. The number of ether oxygens (including phenoxy) is 2. The summed E-state index contributed by atoms with van der Waals surface area (Å²) in [6.45, 7) is 3.82. The SMILES string of the molecule is CN1CC/C=C\CC(OCc2ccccc2)(C(F)(F)F)c2nnc(o2)-c2nc(c(C(F)(F)F)cc2NC(=O)OC(C)(C)C)C1=O. The molecule has 1 aliphatic rings. The van der Waals surface area contributed by atoms with Crippen molar-refractivity contribution in [3.05, 3.63) is 71.3 Å². The van der Waals surface area contributed by atoms with Crippen LogP contribution in [0, 0.1) is 0 Å². The molecule has 4 bridgehead atoms. The Morgan fingerprint density at radius 3 is 2.36 bits per heavy atom. The maximum atomic E-state index is 14.9. The maximum absolute atomic E-state index is 14.9. The smallest absolute Gasteiger partial charge is 0.426 e. The van der Waals surface area contributed by atoms with Crippen LogP contribution in [0.2, 0.25) is 0 Å². The molecule has 1 N–H and O–H groups in total. The minimum Gasteiger partial charge on any atom is -0.444 e. The predicted molar refractivity (Wildman–Crippen MR) is 147 cm³/mol. The summed E-state index contributed by atoms with van der Waals surface area (Å²) in [5.41, 5.74) is -7.89. The van der Waals surface area contributed by atoms with E-state index in [1.165, 1.54) is 33.9 Å². The van der Waals surface area contributed by atoms with Gasteiger partial charge in [0.15, 0.2) is 5.69 Å². The zero-order chi connectivity index (χ0) is 33.2. The lowest BCUT2D eigenvalue weighted by atomic mass is 9.97. The van der Waals surface area contributed by atoms with Crippen molar-refractivity contribution in [1.82, 2.24) is 20.1 Å². The van der Waals surface area contributed by atoms with Crippen molar-refractivity contribution in [1.29, 1.82) is 0 Å². The number of aromatic nitrogens is 3. The molecule has 4 rings (SSSR count). The predicted octanol–water partition coefficient (Wildman–Crippen LogP) is 6.89. The molecule has 2 amide bonds. The summed E-state index contributed by atoms with van der Waals surface area (Å²) in [4.78, 5) is 30.5. The molecule has 1 aromatic carbocycles. The Bertz CT molecular complexity index is 1570. The van der Waals surface area contributed by atoms with Crippen LogP contribution in [0.5, 0.6) is 0 Å². The Hall–Kier alpha value is -4.47. The summed E-state index contributed by atoms with van der Waals surface area (Å²) in [6, 6.07) is 8.41. The van der Waals surface area contributed by atoms with E-state index in [9.17, 15) is 35.9 Å². The second-order valence-corrected chi connectivity index (χ2v) is 11.1. The normalized spacial score (nSPS) is 18.7. The lowest BCUT2D eigenvalue weighted by Gasteiger charge is -2.31. The number of hydrogen-bond donors (Lipinski definition) is 1. The first-order valence-electron chi connectivity index (χ1n) is 13.5. The van der Waals surface area contributed by atoms with E-state index in [-0.39, 0.29) is 13.0 Å². The molecule has 1 atom stereocenters. The monoisotopic (exact) mass is 641 g/mol. The number of carbonyl (C=O) groups excluding carboxylic acids is 2. The Labute approximate surface area is 253 Å². The van der Waals surface area contributed by atoms with Crippen LogP contribution in [-0.4, -0.2) is 57.5 Å². The van der Waals surface area contributed by atoms with Gasteiger partial charge in [-0.25, -0.2) is 9.78 Å². The van der Waals surface area contributed by atoms with Crippen LogP contribution >= 0.6 is 0 Å². The summed E-state index contributed by atoms with van der Waals surface area (Å²) in [7, 11) is 1.21. The van der Waals surface area contributed by atoms with Crippen molar-refractivity contribution in [2.24, 2.45) is 0 Å². The number of fused-ring (bicyclic) bond motifs is 5. The van der Waals surface area contributed by atoms with Gasteiger partial charge in [0.25, 0.3) is 17.7 Å². The third kappa shape index (κ3) is 7.61. The number of amides is 2. The van der Waals surface area contributed by atoms with Gasteiger partial charge in [-0.3, -0.25) is 10.1 Å². The van der Waals surface area contributed by atoms with Crippen molar-refractivity contribution >= 4 is 17.7 Å². The number of anilines is 1. The van der Waals surface area contributed by atoms with Gasteiger partial charge in [-0.1, -0.05) is 42.5 Å². The van der Waals surface area contributed by atoms with Crippen LogP contribution in [0.4, 0.5) is 36.8 Å². The minimum atomic E-state index is -5.14. The number of halogens is 6. The highest BCUT2D eigenvalue weighted by molar-refractivity contribution is 5.97. The molecular weight excluding hydrogens is 612 g/mol. The number of nitrogens with one attached hydrogen (secondary N) is 1. The van der Waals surface area contributed by atoms with Gasteiger partial charge in [-0.2, -0.15) is 26.3 Å². The van der Waals surface area contributed by atoms with Crippen LogP contribution in [0.25, 0.3) is 11.6 Å². The summed E-state index contributed by atoms with van der Waals surface area (Å²) >= 11 is 0. The van der Waals surface area contributed by atoms with Gasteiger partial charge >= 0.3 is 18.4 Å². The van der Waals surface area contributed by atoms with Gasteiger partial charge in [0.1, 0.15) is 11.3 Å². The standard InChI is InChI=1S/C29H29F6N5O5/c1-26(2,3)45-25(42)36-19-15-18(28(30,31)32)20-23(41)40(4)14-10-6-9-13-27(29(33,34)35,43-16-17-11-7-5-8-12-17)24-39-38-22(44-24)21(19)37-20/h5-9,11-12,15H,10,13-14,16H2,1-4H3,(H,36,42)/b9-6-. The highest BCUT2D eigenvalue weighted by Gasteiger charge is 2.61. The molecule has 3 aromatic rings. The van der Waals surface area contributed by atoms with Crippen molar-refractivity contribution in [2.75, 3.05) is 18.9 Å². The first kappa shape index (κ1) is 33.4. The number of nitrogens with zero attached hydrogens (tertiary/aromatic N) is 4. The number of alkyl halides is 6. The molecule has 0 radical (unpaired) electrons. The van der Waals surface area contributed by atoms with Crippen LogP contribution in [0.1, 0.15) is 61.1 Å². The van der Waals surface area contributed by atoms with Gasteiger partial charge in [-0.15, -0.1) is 10.2 Å². The molecule has 16 heteroatoms. The average Bonchev–Trinajstić information content (AvgIpc) is 3.42. The number of carbonyl (C=O) groups is 2. The molecule has 242 valence electrons. The molecular formula is C29H29F6N5O5. The molecule has 0 aliphatic carbocycles. The van der Waals surface area contributed by atoms with Crippen LogP contribution in [0.3, 0.4) is 0 Å². The summed E-state index contributed by atoms with van der Waals surface area (Å²) in [5.74, 6) is -3.04. The molecule has 0 fully saturated rings. The molecule has 0 spiro atoms. The lowest BCUT2D eigenvalue weighted by molar-refractivity contribution is -0.295. The van der Waals surface area contributed by atoms with E-state index in [1.54, 1.807) is 30.3 Å². The van der Waals surface area contributed by atoms with Gasteiger partial charge in [-0.05, 0) is 38.8 Å². The maximum Gasteiger partial charge on any atom is 0.426 e. The van der Waals surface area contributed by atoms with E-state index in [4.69, 9.17) is 13.9 Å². The Balaban J connectivity index is 1.94. The highest BCUT2D eigenvalue weighted by Crippen LogP contribution is 2.46. The Kier molecular flexibility index (Phi) is 9.28. The van der Waals surface area contributed by atoms with Gasteiger partial charge in [0.2, 0.25) is 5.60 Å². The van der Waals surface area contributed by atoms with Gasteiger partial charge < -0.3 is 18.8 Å². The first-order valence-corrected chi connectivity index (χ1v) is 13.5. The highest BCUT2D eigenvalue weighted by atomic mass is 19.4. The molecule has 1 unspecified atom stereocenters. The molecule has 45 heavy (non-hydrogen) atoms. The molecule has 10 nitrogen and oxygen atoms in total. The van der Waals surface area contributed by atoms with Crippen LogP contribution in [-0.2, 0) is 27.9 Å². The van der Waals surface area contributed by atoms with E-state index in [1.807, 2.05) is 0 Å². The van der Waals surface area contributed by atoms with Gasteiger partial charge in [0.05, 0.1) is 17.9 Å². The Morgan fingerprint density at radius 1 is 1.04 bits per heavy atom. The fourth-order valence-corrected chi connectivity index (χ4v) is 4.27. The summed E-state index contributed by atoms with van der Waals surface area (Å²) in [6.07, 6.45) is -9.84. The third-order valence-corrected chi connectivity index (χ3v) is 6.47. The van der Waals surface area contributed by atoms with E-state index >= 15 is 0 Å². The second kappa shape index (κ2) is 12.5. The molecule has 2 aromatic heterocycles. The molecule has 1 aliphatic heterocycles. The summed E-state index contributed by atoms with van der Waals surface area (Å²) in [5, 5.41) is 9.33. The summed E-state index contributed by atoms with van der Waals surface area (Å²) < 4.78 is 103. The van der Waals surface area contributed by atoms with Crippen molar-refractivity contribution < 1.29 is 49.8 Å². The topological polar surface area (TPSA) is 120 Å². The van der Waals surface area contributed by atoms with E-state index in [0.717, 1.165) is 11.0 Å². The number of pyridine rings is 1. The zero-order valence-electron chi connectivity index (χ0n) is 24.5. The average molecular weight is 642 g/mol. The Morgan fingerprint density at radius 2 is 1.73 bits per heavy atom. The number of rotatable bonds is 4. The number of benzene rings is 1. The largest absolute Gasteiger partial charge is 0.444 e. The van der Waals surface area contributed by atoms with Crippen LogP contribution in [0.15, 0.2) is 53.0 Å². The molecule has 0 saturated carbocycles. The fourth-order valence-electron chi connectivity index (χ4n) is 4.27. The zero-order valence-corrected chi connectivity index (χ0v) is 24.5. The van der Waals surface area contributed by atoms with Crippen molar-refractivity contribution in [3.63, 3.8) is 0 Å². The quantitative estimate of drug-likeness (QED) is 0.242. The lowest BCUT2D eigenvalue weighted by Crippen LogP contribution is -2.45. The first-order chi connectivity index (χ1) is 20.9. The van der Waals surface area contributed by atoms with E-state index < -0.39 is 83.0 Å². The second-order valence-electron chi connectivity index (χ2n) is 11.1. The minimum absolute atomic E-state index is 0.0174. The fraction of sp³-hybridized carbons (Fsp3) is 0.414. The third-order valence-electron chi connectivity index (χ3n) is 6.47. The van der Waals surface area contributed by atoms with Gasteiger partial charge in [0, 0.05) is 20.0 Å². The van der Waals surface area contributed by atoms with Crippen molar-refractivity contribution in [3.8, 4) is 11.6 Å². The van der Waals surface area contributed by atoms with Crippen molar-refractivity contribution in [2.45, 2.75) is 63.8 Å².